The van der Waals surface area contributed by atoms with E-state index >= 15 is 0 Å². The molecule has 1 aliphatic carbocycles. The van der Waals surface area contributed by atoms with Gasteiger partial charge in [0.15, 0.2) is 0 Å². The Morgan fingerprint density at radius 1 is 1.19 bits per heavy atom. The molecule has 26 heavy (non-hydrogen) atoms. The van der Waals surface area contributed by atoms with Crippen LogP contribution in [0, 0.1) is 0 Å². The van der Waals surface area contributed by atoms with Crippen molar-refractivity contribution in [3.8, 4) is 11.3 Å². The summed E-state index contributed by atoms with van der Waals surface area (Å²) < 4.78 is 8.91. The lowest BCUT2D eigenvalue weighted by Crippen LogP contribution is -2.08. The third-order valence-corrected chi connectivity index (χ3v) is 4.64. The number of hydrogen-bond acceptors (Lipinski definition) is 6. The van der Waals surface area contributed by atoms with E-state index in [1.807, 2.05) is 6.20 Å². The van der Waals surface area contributed by atoms with Crippen molar-refractivity contribution in [2.24, 2.45) is 0 Å². The van der Waals surface area contributed by atoms with Gasteiger partial charge in [-0.2, -0.15) is 5.10 Å². The molecule has 3 aromatic rings. The second-order valence-electron chi connectivity index (χ2n) is 6.61. The van der Waals surface area contributed by atoms with Gasteiger partial charge >= 0.3 is 5.97 Å². The van der Waals surface area contributed by atoms with Gasteiger partial charge in [0.05, 0.1) is 18.6 Å². The number of aromatic nitrogens is 6. The van der Waals surface area contributed by atoms with Crippen molar-refractivity contribution in [1.82, 2.24) is 29.8 Å². The fourth-order valence-electron chi connectivity index (χ4n) is 3.34. The molecule has 1 aliphatic rings. The molecule has 3 aromatic heterocycles. The summed E-state index contributed by atoms with van der Waals surface area (Å²) in [6.45, 7) is 0.220. The van der Waals surface area contributed by atoms with Crippen LogP contribution in [-0.4, -0.2) is 40.8 Å². The Bertz CT molecular complexity index is 890. The van der Waals surface area contributed by atoms with Crippen LogP contribution in [0.2, 0.25) is 0 Å². The van der Waals surface area contributed by atoms with Gasteiger partial charge in [-0.15, -0.1) is 5.10 Å². The molecule has 1 saturated carbocycles. The van der Waals surface area contributed by atoms with E-state index in [1.54, 1.807) is 23.3 Å². The zero-order valence-corrected chi connectivity index (χ0v) is 14.3. The first-order valence-electron chi connectivity index (χ1n) is 8.77. The van der Waals surface area contributed by atoms with Gasteiger partial charge in [-0.25, -0.2) is 9.67 Å². The molecule has 0 amide bonds. The third kappa shape index (κ3) is 3.66. The summed E-state index contributed by atoms with van der Waals surface area (Å²) in [5.74, 6) is 1.12. The maximum absolute atomic E-state index is 10.7. The molecule has 9 heteroatoms. The molecular formula is C17H20N6O3. The summed E-state index contributed by atoms with van der Waals surface area (Å²) >= 11 is 0. The summed E-state index contributed by atoms with van der Waals surface area (Å²) in [5, 5.41) is 21.0. The summed E-state index contributed by atoms with van der Waals surface area (Å²) in [4.78, 5) is 15.1. The molecule has 0 spiro atoms. The van der Waals surface area contributed by atoms with E-state index in [1.165, 1.54) is 36.8 Å². The van der Waals surface area contributed by atoms with Gasteiger partial charge in [0.25, 0.3) is 0 Å². The Balaban J connectivity index is 1.43. The number of oxazole rings is 1. The first kappa shape index (κ1) is 16.5. The highest BCUT2D eigenvalue weighted by Gasteiger charge is 2.20. The SMILES string of the molecule is O=C(O)Cn1cc(-c2cn(Cc3ncc(C4CCCCC4)o3)nn2)cn1. The quantitative estimate of drug-likeness (QED) is 0.721. The van der Waals surface area contributed by atoms with Crippen LogP contribution in [0.4, 0.5) is 0 Å². The Labute approximate surface area is 149 Å². The van der Waals surface area contributed by atoms with Crippen LogP contribution >= 0.6 is 0 Å². The van der Waals surface area contributed by atoms with Crippen LogP contribution in [0.15, 0.2) is 29.2 Å². The summed E-state index contributed by atoms with van der Waals surface area (Å²) in [6, 6.07) is 0. The monoisotopic (exact) mass is 356 g/mol. The molecule has 136 valence electrons. The maximum Gasteiger partial charge on any atom is 0.325 e. The minimum absolute atomic E-state index is 0.186. The fourth-order valence-corrected chi connectivity index (χ4v) is 3.34. The van der Waals surface area contributed by atoms with Gasteiger partial charge in [0, 0.05) is 17.7 Å². The normalized spacial score (nSPS) is 15.4. The maximum atomic E-state index is 10.7. The second-order valence-corrected chi connectivity index (χ2v) is 6.61. The molecule has 0 saturated heterocycles. The van der Waals surface area contributed by atoms with Gasteiger partial charge < -0.3 is 9.52 Å². The van der Waals surface area contributed by atoms with Gasteiger partial charge in [-0.1, -0.05) is 24.5 Å². The van der Waals surface area contributed by atoms with Crippen LogP contribution in [0.1, 0.15) is 49.7 Å². The van der Waals surface area contributed by atoms with Gasteiger partial charge in [-0.05, 0) is 12.8 Å². The van der Waals surface area contributed by atoms with Crippen LogP contribution in [0.25, 0.3) is 11.3 Å². The molecule has 0 aromatic carbocycles. The largest absolute Gasteiger partial charge is 0.480 e. The van der Waals surface area contributed by atoms with E-state index in [9.17, 15) is 4.79 Å². The summed E-state index contributed by atoms with van der Waals surface area (Å²) in [5.41, 5.74) is 1.34. The number of nitrogens with zero attached hydrogens (tertiary/aromatic N) is 6. The topological polar surface area (TPSA) is 112 Å². The predicted octanol–water partition coefficient (Wildman–Crippen LogP) is 2.31. The van der Waals surface area contributed by atoms with Crippen LogP contribution < -0.4 is 0 Å². The highest BCUT2D eigenvalue weighted by atomic mass is 16.4. The molecule has 0 bridgehead atoms. The molecule has 9 nitrogen and oxygen atoms in total. The van der Waals surface area contributed by atoms with E-state index in [2.05, 4.69) is 20.4 Å². The average Bonchev–Trinajstić information content (AvgIpc) is 3.36. The molecule has 0 unspecified atom stereocenters. The van der Waals surface area contributed by atoms with Crippen molar-refractivity contribution in [2.75, 3.05) is 0 Å². The number of hydrogen-bond donors (Lipinski definition) is 1. The van der Waals surface area contributed by atoms with Crippen molar-refractivity contribution in [2.45, 2.75) is 51.1 Å². The van der Waals surface area contributed by atoms with Crippen LogP contribution in [0.3, 0.4) is 0 Å². The van der Waals surface area contributed by atoms with E-state index in [0.29, 0.717) is 29.6 Å². The standard InChI is InChI=1S/C17H20N6O3/c24-17(25)11-22-8-13(6-19-22)14-9-23(21-20-14)10-16-18-7-15(26-16)12-4-2-1-3-5-12/h6-9,12H,1-5,10-11H2,(H,24,25). The molecule has 1 fully saturated rings. The van der Waals surface area contributed by atoms with E-state index in [4.69, 9.17) is 9.52 Å². The molecule has 0 radical (unpaired) electrons. The minimum Gasteiger partial charge on any atom is -0.480 e. The number of aliphatic carboxylic acids is 1. The Kier molecular flexibility index (Phi) is 4.51. The zero-order valence-electron chi connectivity index (χ0n) is 14.3. The lowest BCUT2D eigenvalue weighted by Gasteiger charge is -2.18. The number of rotatable bonds is 6. The average molecular weight is 356 g/mol. The van der Waals surface area contributed by atoms with E-state index < -0.39 is 5.97 Å². The van der Waals surface area contributed by atoms with Crippen molar-refractivity contribution < 1.29 is 14.3 Å². The predicted molar refractivity (Wildman–Crippen MR) is 90.3 cm³/mol. The smallest absolute Gasteiger partial charge is 0.325 e. The van der Waals surface area contributed by atoms with Crippen LogP contribution in [-0.2, 0) is 17.9 Å². The van der Waals surface area contributed by atoms with Gasteiger partial charge in [-0.3, -0.25) is 9.48 Å². The fraction of sp³-hybridized carbons (Fsp3) is 0.471. The Morgan fingerprint density at radius 2 is 2.04 bits per heavy atom. The molecule has 4 rings (SSSR count). The number of carboxylic acids is 1. The highest BCUT2D eigenvalue weighted by molar-refractivity contribution is 5.66. The summed E-state index contributed by atoms with van der Waals surface area (Å²) in [7, 11) is 0. The lowest BCUT2D eigenvalue weighted by molar-refractivity contribution is -0.137. The zero-order chi connectivity index (χ0) is 17.9. The minimum atomic E-state index is -0.944. The Hall–Kier alpha value is -2.97. The number of carboxylic acid groups (broad SMARTS) is 1. The highest BCUT2D eigenvalue weighted by Crippen LogP contribution is 2.32. The third-order valence-electron chi connectivity index (χ3n) is 4.64. The van der Waals surface area contributed by atoms with Crippen molar-refractivity contribution in [1.29, 1.82) is 0 Å². The van der Waals surface area contributed by atoms with Crippen molar-refractivity contribution >= 4 is 5.97 Å². The first-order valence-corrected chi connectivity index (χ1v) is 8.77. The van der Waals surface area contributed by atoms with E-state index in [0.717, 1.165) is 5.76 Å². The molecular weight excluding hydrogens is 336 g/mol. The molecule has 0 atom stereocenters. The Morgan fingerprint density at radius 3 is 2.85 bits per heavy atom. The molecule has 3 heterocycles. The van der Waals surface area contributed by atoms with Crippen LogP contribution in [0.5, 0.6) is 0 Å². The number of carbonyl (C=O) groups is 1. The first-order chi connectivity index (χ1) is 12.7. The van der Waals surface area contributed by atoms with Crippen molar-refractivity contribution in [3.63, 3.8) is 0 Å². The lowest BCUT2D eigenvalue weighted by atomic mass is 9.88. The van der Waals surface area contributed by atoms with Gasteiger partial charge in [0.1, 0.15) is 24.5 Å². The molecule has 0 aliphatic heterocycles. The summed E-state index contributed by atoms with van der Waals surface area (Å²) in [6.07, 6.45) is 13.0. The van der Waals surface area contributed by atoms with Crippen molar-refractivity contribution in [3.05, 3.63) is 36.4 Å². The second kappa shape index (κ2) is 7.11. The van der Waals surface area contributed by atoms with E-state index in [-0.39, 0.29) is 6.54 Å². The molecule has 1 N–H and O–H groups in total. The van der Waals surface area contributed by atoms with Gasteiger partial charge in [0.2, 0.25) is 5.89 Å².